The number of pyridine rings is 1. The molecule has 5 heteroatoms. The maximum atomic E-state index is 12.0. The minimum atomic E-state index is -0.333. The molecule has 0 saturated carbocycles. The second-order valence-corrected chi connectivity index (χ2v) is 5.64. The molecule has 0 bridgehead atoms. The van der Waals surface area contributed by atoms with E-state index in [2.05, 4.69) is 29.5 Å². The molecule has 2 amide bonds. The van der Waals surface area contributed by atoms with Crippen LogP contribution in [0.4, 0.5) is 5.69 Å². The number of carbonyl (C=O) groups is 2. The van der Waals surface area contributed by atoms with Gasteiger partial charge in [0.1, 0.15) is 6.42 Å². The van der Waals surface area contributed by atoms with E-state index in [4.69, 9.17) is 0 Å². The highest BCUT2D eigenvalue weighted by Crippen LogP contribution is 2.20. The molecule has 0 fully saturated rings. The number of benzene rings is 1. The molecule has 0 spiro atoms. The Labute approximate surface area is 130 Å². The molecule has 116 valence electrons. The van der Waals surface area contributed by atoms with Crippen LogP contribution in [-0.4, -0.2) is 23.3 Å². The van der Waals surface area contributed by atoms with Crippen LogP contribution < -0.4 is 10.6 Å². The first-order chi connectivity index (χ1) is 10.6. The van der Waals surface area contributed by atoms with Gasteiger partial charge in [-0.1, -0.05) is 32.0 Å². The van der Waals surface area contributed by atoms with Crippen LogP contribution >= 0.6 is 0 Å². The SMILES string of the molecule is CC(C)CCNC(=O)CC(=O)Nc1cccc2cccnc12. The molecule has 1 heterocycles. The molecule has 2 N–H and O–H groups in total. The zero-order valence-electron chi connectivity index (χ0n) is 12.9. The van der Waals surface area contributed by atoms with Crippen molar-refractivity contribution in [3.05, 3.63) is 36.5 Å². The number of anilines is 1. The Hall–Kier alpha value is -2.43. The maximum Gasteiger partial charge on any atom is 0.233 e. The lowest BCUT2D eigenvalue weighted by atomic mass is 10.1. The third-order valence-corrected chi connectivity index (χ3v) is 3.27. The summed E-state index contributed by atoms with van der Waals surface area (Å²) in [5.41, 5.74) is 1.34. The standard InChI is InChI=1S/C17H21N3O2/c1-12(2)8-10-18-15(21)11-16(22)20-14-7-3-5-13-6-4-9-19-17(13)14/h3-7,9,12H,8,10-11H2,1-2H3,(H,18,21)(H,20,22). The Kier molecular flexibility index (Phi) is 5.47. The van der Waals surface area contributed by atoms with E-state index in [9.17, 15) is 9.59 Å². The van der Waals surface area contributed by atoms with Gasteiger partial charge in [0.15, 0.2) is 0 Å². The van der Waals surface area contributed by atoms with Crippen molar-refractivity contribution in [3.63, 3.8) is 0 Å². The largest absolute Gasteiger partial charge is 0.356 e. The summed E-state index contributed by atoms with van der Waals surface area (Å²) in [6.07, 6.45) is 2.40. The number of aromatic nitrogens is 1. The summed E-state index contributed by atoms with van der Waals surface area (Å²) in [5, 5.41) is 6.45. The molecule has 1 aromatic carbocycles. The van der Waals surface area contributed by atoms with Crippen molar-refractivity contribution in [1.82, 2.24) is 10.3 Å². The number of rotatable bonds is 6. The van der Waals surface area contributed by atoms with Gasteiger partial charge < -0.3 is 10.6 Å². The van der Waals surface area contributed by atoms with Gasteiger partial charge in [-0.05, 0) is 24.5 Å². The molecule has 1 aromatic heterocycles. The third-order valence-electron chi connectivity index (χ3n) is 3.27. The normalized spacial score (nSPS) is 10.7. The van der Waals surface area contributed by atoms with Gasteiger partial charge in [0.05, 0.1) is 11.2 Å². The van der Waals surface area contributed by atoms with E-state index < -0.39 is 0 Å². The van der Waals surface area contributed by atoms with Crippen LogP contribution in [0.5, 0.6) is 0 Å². The van der Waals surface area contributed by atoms with Crippen LogP contribution in [0.25, 0.3) is 10.9 Å². The number of carbonyl (C=O) groups excluding carboxylic acids is 2. The number of fused-ring (bicyclic) bond motifs is 1. The summed E-state index contributed by atoms with van der Waals surface area (Å²) in [4.78, 5) is 27.9. The van der Waals surface area contributed by atoms with Crippen LogP contribution in [0.3, 0.4) is 0 Å². The zero-order chi connectivity index (χ0) is 15.9. The van der Waals surface area contributed by atoms with Crippen molar-refractivity contribution in [3.8, 4) is 0 Å². The van der Waals surface area contributed by atoms with Gasteiger partial charge >= 0.3 is 0 Å². The van der Waals surface area contributed by atoms with Crippen molar-refractivity contribution >= 4 is 28.4 Å². The molecule has 2 aromatic rings. The molecule has 5 nitrogen and oxygen atoms in total. The van der Waals surface area contributed by atoms with Gasteiger partial charge in [-0.15, -0.1) is 0 Å². The number of para-hydroxylation sites is 1. The molecule has 0 aliphatic carbocycles. The molecule has 2 rings (SSSR count). The Bertz CT molecular complexity index is 663. The van der Waals surface area contributed by atoms with Crippen LogP contribution in [-0.2, 0) is 9.59 Å². The lowest BCUT2D eigenvalue weighted by molar-refractivity contribution is -0.126. The van der Waals surface area contributed by atoms with E-state index >= 15 is 0 Å². The number of hydrogen-bond acceptors (Lipinski definition) is 3. The quantitative estimate of drug-likeness (QED) is 0.806. The maximum absolute atomic E-state index is 12.0. The summed E-state index contributed by atoms with van der Waals surface area (Å²) in [5.74, 6) is -0.0672. The van der Waals surface area contributed by atoms with Crippen molar-refractivity contribution in [2.45, 2.75) is 26.7 Å². The molecular formula is C17H21N3O2. The smallest absolute Gasteiger partial charge is 0.233 e. The second-order valence-electron chi connectivity index (χ2n) is 5.64. The van der Waals surface area contributed by atoms with Crippen LogP contribution in [0.15, 0.2) is 36.5 Å². The van der Waals surface area contributed by atoms with Crippen LogP contribution in [0, 0.1) is 5.92 Å². The van der Waals surface area contributed by atoms with E-state index in [1.807, 2.05) is 24.3 Å². The lowest BCUT2D eigenvalue weighted by Gasteiger charge is -2.09. The van der Waals surface area contributed by atoms with Gasteiger partial charge in [0.25, 0.3) is 0 Å². The highest BCUT2D eigenvalue weighted by molar-refractivity contribution is 6.06. The Morgan fingerprint density at radius 2 is 1.91 bits per heavy atom. The molecule has 22 heavy (non-hydrogen) atoms. The summed E-state index contributed by atoms with van der Waals surface area (Å²) < 4.78 is 0. The number of amides is 2. The van der Waals surface area contributed by atoms with E-state index in [1.165, 1.54) is 0 Å². The van der Waals surface area contributed by atoms with Crippen LogP contribution in [0.2, 0.25) is 0 Å². The third kappa shape index (κ3) is 4.55. The average Bonchev–Trinajstić information content (AvgIpc) is 2.47. The fourth-order valence-electron chi connectivity index (χ4n) is 2.11. The first-order valence-electron chi connectivity index (χ1n) is 7.46. The van der Waals surface area contributed by atoms with E-state index in [1.54, 1.807) is 12.3 Å². The topological polar surface area (TPSA) is 71.1 Å². The molecule has 0 saturated heterocycles. The molecule has 0 radical (unpaired) electrons. The lowest BCUT2D eigenvalue weighted by Crippen LogP contribution is -2.29. The second kappa shape index (κ2) is 7.54. The highest BCUT2D eigenvalue weighted by atomic mass is 16.2. The fourth-order valence-corrected chi connectivity index (χ4v) is 2.11. The minimum absolute atomic E-state index is 0.179. The summed E-state index contributed by atoms with van der Waals surface area (Å²) in [7, 11) is 0. The van der Waals surface area contributed by atoms with Crippen LogP contribution in [0.1, 0.15) is 26.7 Å². The predicted octanol–water partition coefficient (Wildman–Crippen LogP) is 2.73. The molecule has 0 unspecified atom stereocenters. The first kappa shape index (κ1) is 15.9. The molecule has 0 aliphatic rings. The van der Waals surface area contributed by atoms with Gasteiger partial charge in [-0.3, -0.25) is 14.6 Å². The summed E-state index contributed by atoms with van der Waals surface area (Å²) in [6.45, 7) is 4.78. The van der Waals surface area contributed by atoms with Gasteiger partial charge in [-0.25, -0.2) is 0 Å². The van der Waals surface area contributed by atoms with Crippen molar-refractivity contribution in [1.29, 1.82) is 0 Å². The number of hydrogen-bond donors (Lipinski definition) is 2. The fraction of sp³-hybridized carbons (Fsp3) is 0.353. The van der Waals surface area contributed by atoms with E-state index in [0.717, 1.165) is 17.3 Å². The minimum Gasteiger partial charge on any atom is -0.356 e. The average molecular weight is 299 g/mol. The molecule has 0 aliphatic heterocycles. The number of nitrogens with zero attached hydrogens (tertiary/aromatic N) is 1. The summed E-state index contributed by atoms with van der Waals surface area (Å²) in [6, 6.07) is 9.33. The monoisotopic (exact) mass is 299 g/mol. The van der Waals surface area contributed by atoms with Crippen molar-refractivity contribution < 1.29 is 9.59 Å². The molecule has 0 atom stereocenters. The van der Waals surface area contributed by atoms with Gasteiger partial charge in [0, 0.05) is 18.1 Å². The Morgan fingerprint density at radius 3 is 2.68 bits per heavy atom. The highest BCUT2D eigenvalue weighted by Gasteiger charge is 2.11. The Balaban J connectivity index is 1.92. The van der Waals surface area contributed by atoms with Crippen molar-refractivity contribution in [2.24, 2.45) is 5.92 Å². The summed E-state index contributed by atoms with van der Waals surface area (Å²) >= 11 is 0. The molecular weight excluding hydrogens is 278 g/mol. The number of nitrogens with one attached hydrogen (secondary N) is 2. The first-order valence-corrected chi connectivity index (χ1v) is 7.46. The van der Waals surface area contributed by atoms with E-state index in [-0.39, 0.29) is 18.2 Å². The zero-order valence-corrected chi connectivity index (χ0v) is 12.9. The van der Waals surface area contributed by atoms with Gasteiger partial charge in [0.2, 0.25) is 11.8 Å². The van der Waals surface area contributed by atoms with E-state index in [0.29, 0.717) is 18.2 Å². The van der Waals surface area contributed by atoms with Gasteiger partial charge in [-0.2, -0.15) is 0 Å². The Morgan fingerprint density at radius 1 is 1.14 bits per heavy atom. The van der Waals surface area contributed by atoms with Crippen molar-refractivity contribution in [2.75, 3.05) is 11.9 Å². The predicted molar refractivity (Wildman–Crippen MR) is 87.5 cm³/mol.